The van der Waals surface area contributed by atoms with Gasteiger partial charge in [0.2, 0.25) is 0 Å². The second kappa shape index (κ2) is 5.91. The number of rotatable bonds is 5. The summed E-state index contributed by atoms with van der Waals surface area (Å²) in [7, 11) is 0. The summed E-state index contributed by atoms with van der Waals surface area (Å²) in [6.45, 7) is 2.85. The van der Waals surface area contributed by atoms with Gasteiger partial charge in [0.1, 0.15) is 9.88 Å². The van der Waals surface area contributed by atoms with Crippen LogP contribution in [0, 0.1) is 12.8 Å². The SMILES string of the molecule is Cc1nc(-c2cccc(Cl)c2)sc1C(=O)N(CC1CC1)C1CC1. The first-order chi connectivity index (χ1) is 11.1. The number of carbonyl (C=O) groups excluding carboxylic acids is 1. The monoisotopic (exact) mass is 346 g/mol. The molecule has 2 aliphatic rings. The zero-order valence-corrected chi connectivity index (χ0v) is 14.7. The van der Waals surface area contributed by atoms with Crippen molar-refractivity contribution < 1.29 is 4.79 Å². The standard InChI is InChI=1S/C18H19ClN2OS/c1-11-16(18(22)21(15-7-8-15)10-12-5-6-12)23-17(20-11)13-3-2-4-14(19)9-13/h2-4,9,12,15H,5-8,10H2,1H3. The maximum absolute atomic E-state index is 13.0. The average Bonchev–Trinajstić information content (AvgIpc) is 3.43. The van der Waals surface area contributed by atoms with E-state index in [4.69, 9.17) is 11.6 Å². The highest BCUT2D eigenvalue weighted by atomic mass is 35.5. The van der Waals surface area contributed by atoms with Gasteiger partial charge >= 0.3 is 0 Å². The number of nitrogens with zero attached hydrogens (tertiary/aromatic N) is 2. The number of hydrogen-bond acceptors (Lipinski definition) is 3. The van der Waals surface area contributed by atoms with Gasteiger partial charge in [-0.2, -0.15) is 0 Å². The van der Waals surface area contributed by atoms with Gasteiger partial charge in [-0.05, 0) is 50.7 Å². The summed E-state index contributed by atoms with van der Waals surface area (Å²) in [6, 6.07) is 8.11. The maximum Gasteiger partial charge on any atom is 0.266 e. The number of thiazole rings is 1. The Labute approximate surface area is 145 Å². The quantitative estimate of drug-likeness (QED) is 0.780. The molecule has 2 fully saturated rings. The number of benzene rings is 1. The predicted molar refractivity (Wildman–Crippen MR) is 94.1 cm³/mol. The smallest absolute Gasteiger partial charge is 0.266 e. The molecule has 0 aliphatic heterocycles. The average molecular weight is 347 g/mol. The van der Waals surface area contributed by atoms with Gasteiger partial charge in [-0.1, -0.05) is 23.7 Å². The minimum Gasteiger partial charge on any atom is -0.335 e. The van der Waals surface area contributed by atoms with Crippen molar-refractivity contribution in [2.45, 2.75) is 38.6 Å². The third kappa shape index (κ3) is 3.29. The molecule has 1 aromatic carbocycles. The molecule has 3 nitrogen and oxygen atoms in total. The molecular weight excluding hydrogens is 328 g/mol. The summed E-state index contributed by atoms with van der Waals surface area (Å²) in [5, 5.41) is 1.56. The maximum atomic E-state index is 13.0. The molecule has 0 bridgehead atoms. The minimum atomic E-state index is 0.169. The van der Waals surface area contributed by atoms with E-state index in [-0.39, 0.29) is 5.91 Å². The molecule has 0 N–H and O–H groups in total. The van der Waals surface area contributed by atoms with Crippen molar-refractivity contribution >= 4 is 28.8 Å². The molecule has 2 aromatic rings. The number of amides is 1. The first kappa shape index (κ1) is 15.2. The van der Waals surface area contributed by atoms with Gasteiger partial charge in [-0.3, -0.25) is 4.79 Å². The lowest BCUT2D eigenvalue weighted by Crippen LogP contribution is -2.34. The van der Waals surface area contributed by atoms with E-state index >= 15 is 0 Å². The van der Waals surface area contributed by atoms with Crippen molar-refractivity contribution in [3.63, 3.8) is 0 Å². The summed E-state index contributed by atoms with van der Waals surface area (Å²) >= 11 is 7.56. The number of hydrogen-bond donors (Lipinski definition) is 0. The van der Waals surface area contributed by atoms with E-state index in [1.54, 1.807) is 0 Å². The van der Waals surface area contributed by atoms with Crippen LogP contribution in [-0.4, -0.2) is 28.4 Å². The van der Waals surface area contributed by atoms with E-state index in [1.165, 1.54) is 24.2 Å². The highest BCUT2D eigenvalue weighted by molar-refractivity contribution is 7.17. The number of aromatic nitrogens is 1. The van der Waals surface area contributed by atoms with Crippen LogP contribution < -0.4 is 0 Å². The van der Waals surface area contributed by atoms with Crippen molar-refractivity contribution in [2.75, 3.05) is 6.54 Å². The molecular formula is C18H19ClN2OS. The van der Waals surface area contributed by atoms with Crippen molar-refractivity contribution in [1.29, 1.82) is 0 Å². The van der Waals surface area contributed by atoms with Crippen LogP contribution in [0.5, 0.6) is 0 Å². The van der Waals surface area contributed by atoms with Crippen molar-refractivity contribution in [3.8, 4) is 10.6 Å². The molecule has 1 aromatic heterocycles. The van der Waals surface area contributed by atoms with Gasteiger partial charge < -0.3 is 4.90 Å². The molecule has 5 heteroatoms. The summed E-state index contributed by atoms with van der Waals surface area (Å²) < 4.78 is 0. The molecule has 0 radical (unpaired) electrons. The Morgan fingerprint density at radius 2 is 2.13 bits per heavy atom. The fourth-order valence-electron chi connectivity index (χ4n) is 2.83. The normalized spacial score (nSPS) is 17.3. The van der Waals surface area contributed by atoms with Crippen LogP contribution in [0.2, 0.25) is 5.02 Å². The highest BCUT2D eigenvalue weighted by Gasteiger charge is 2.38. The lowest BCUT2D eigenvalue weighted by Gasteiger charge is -2.21. The van der Waals surface area contributed by atoms with Gasteiger partial charge in [-0.25, -0.2) is 4.98 Å². The minimum absolute atomic E-state index is 0.169. The van der Waals surface area contributed by atoms with Crippen LogP contribution in [0.1, 0.15) is 41.0 Å². The Hall–Kier alpha value is -1.39. The van der Waals surface area contributed by atoms with Gasteiger partial charge in [-0.15, -0.1) is 11.3 Å². The Kier molecular flexibility index (Phi) is 3.90. The topological polar surface area (TPSA) is 33.2 Å². The Morgan fingerprint density at radius 1 is 1.35 bits per heavy atom. The zero-order chi connectivity index (χ0) is 16.0. The lowest BCUT2D eigenvalue weighted by molar-refractivity contribution is 0.0739. The van der Waals surface area contributed by atoms with E-state index < -0.39 is 0 Å². The Morgan fingerprint density at radius 3 is 2.78 bits per heavy atom. The molecule has 1 heterocycles. The second-order valence-electron chi connectivity index (χ2n) is 6.58. The first-order valence-corrected chi connectivity index (χ1v) is 9.35. The third-order valence-electron chi connectivity index (χ3n) is 4.46. The first-order valence-electron chi connectivity index (χ1n) is 8.16. The number of carbonyl (C=O) groups is 1. The molecule has 23 heavy (non-hydrogen) atoms. The van der Waals surface area contributed by atoms with Crippen molar-refractivity contribution in [1.82, 2.24) is 9.88 Å². The van der Waals surface area contributed by atoms with E-state index in [1.807, 2.05) is 31.2 Å². The molecule has 0 atom stereocenters. The summed E-state index contributed by atoms with van der Waals surface area (Å²) in [4.78, 5) is 20.5. The molecule has 0 unspecified atom stereocenters. The molecule has 0 saturated heterocycles. The predicted octanol–water partition coefficient (Wildman–Crippen LogP) is 4.79. The third-order valence-corrected chi connectivity index (χ3v) is 5.89. The fourth-order valence-corrected chi connectivity index (χ4v) is 4.04. The van der Waals surface area contributed by atoms with E-state index in [2.05, 4.69) is 9.88 Å². The van der Waals surface area contributed by atoms with Crippen LogP contribution >= 0.6 is 22.9 Å². The molecule has 2 saturated carbocycles. The van der Waals surface area contributed by atoms with Gasteiger partial charge in [0.05, 0.1) is 5.69 Å². The summed E-state index contributed by atoms with van der Waals surface area (Å²) in [5.41, 5.74) is 1.81. The largest absolute Gasteiger partial charge is 0.335 e. The van der Waals surface area contributed by atoms with Gasteiger partial charge in [0, 0.05) is 23.2 Å². The molecule has 1 amide bonds. The van der Waals surface area contributed by atoms with Crippen LogP contribution in [0.15, 0.2) is 24.3 Å². The zero-order valence-electron chi connectivity index (χ0n) is 13.1. The highest BCUT2D eigenvalue weighted by Crippen LogP contribution is 2.37. The van der Waals surface area contributed by atoms with E-state index in [0.29, 0.717) is 11.1 Å². The van der Waals surface area contributed by atoms with Crippen LogP contribution in [0.3, 0.4) is 0 Å². The van der Waals surface area contributed by atoms with Gasteiger partial charge in [0.15, 0.2) is 0 Å². The molecule has 0 spiro atoms. The van der Waals surface area contributed by atoms with Crippen molar-refractivity contribution in [2.24, 2.45) is 5.92 Å². The molecule has 120 valence electrons. The van der Waals surface area contributed by atoms with E-state index in [9.17, 15) is 4.79 Å². The number of halogens is 1. The van der Waals surface area contributed by atoms with Crippen LogP contribution in [0.25, 0.3) is 10.6 Å². The fraction of sp³-hybridized carbons (Fsp3) is 0.444. The van der Waals surface area contributed by atoms with Crippen LogP contribution in [0.4, 0.5) is 0 Å². The van der Waals surface area contributed by atoms with Gasteiger partial charge in [0.25, 0.3) is 5.91 Å². The second-order valence-corrected chi connectivity index (χ2v) is 8.01. The van der Waals surface area contributed by atoms with Crippen LogP contribution in [-0.2, 0) is 0 Å². The van der Waals surface area contributed by atoms with E-state index in [0.717, 1.165) is 46.4 Å². The lowest BCUT2D eigenvalue weighted by atomic mass is 10.2. The Balaban J connectivity index is 1.61. The van der Waals surface area contributed by atoms with Crippen molar-refractivity contribution in [3.05, 3.63) is 39.9 Å². The number of aryl methyl sites for hydroxylation is 1. The molecule has 4 rings (SSSR count). The molecule has 2 aliphatic carbocycles. The Bertz CT molecular complexity index is 749. The summed E-state index contributed by atoms with van der Waals surface area (Å²) in [5.74, 6) is 0.892. The summed E-state index contributed by atoms with van der Waals surface area (Å²) in [6.07, 6.45) is 4.84.